The lowest BCUT2D eigenvalue weighted by Gasteiger charge is -2.13. The molecule has 0 amide bonds. The van der Waals surface area contributed by atoms with Gasteiger partial charge in [0.25, 0.3) is 0 Å². The summed E-state index contributed by atoms with van der Waals surface area (Å²) in [6.45, 7) is 2.49. The van der Waals surface area contributed by atoms with Crippen LogP contribution in [0.25, 0.3) is 10.9 Å². The van der Waals surface area contributed by atoms with Gasteiger partial charge in [-0.2, -0.15) is 0 Å². The maximum absolute atomic E-state index is 12.3. The van der Waals surface area contributed by atoms with Gasteiger partial charge in [-0.15, -0.1) is 0 Å². The van der Waals surface area contributed by atoms with Crippen molar-refractivity contribution in [2.75, 3.05) is 11.9 Å². The second-order valence-corrected chi connectivity index (χ2v) is 6.12. The standard InChI is InChI=1S/C20H19ClN2O2/c1-2-3-12-25-20(24)16-6-4-5-7-17(16)23-18-10-11-22-19-13-14(21)8-9-15(18)19/h4-11,13H,2-3,12H2,1H3,(H,22,23). The summed E-state index contributed by atoms with van der Waals surface area (Å²) in [5.74, 6) is -0.321. The molecule has 0 spiro atoms. The summed E-state index contributed by atoms with van der Waals surface area (Å²) in [5.41, 5.74) is 2.86. The number of rotatable bonds is 6. The van der Waals surface area contributed by atoms with Crippen molar-refractivity contribution in [3.63, 3.8) is 0 Å². The van der Waals surface area contributed by atoms with Crippen molar-refractivity contribution in [3.8, 4) is 0 Å². The van der Waals surface area contributed by atoms with Gasteiger partial charge in [-0.1, -0.05) is 37.1 Å². The Balaban J connectivity index is 1.90. The minimum absolute atomic E-state index is 0.321. The van der Waals surface area contributed by atoms with E-state index in [1.165, 1.54) is 0 Å². The van der Waals surface area contributed by atoms with E-state index >= 15 is 0 Å². The number of hydrogen-bond acceptors (Lipinski definition) is 4. The average molecular weight is 355 g/mol. The summed E-state index contributed by atoms with van der Waals surface area (Å²) < 4.78 is 5.34. The monoisotopic (exact) mass is 354 g/mol. The molecule has 25 heavy (non-hydrogen) atoms. The fourth-order valence-electron chi connectivity index (χ4n) is 2.53. The first-order valence-corrected chi connectivity index (χ1v) is 8.64. The molecular weight excluding hydrogens is 336 g/mol. The van der Waals surface area contributed by atoms with E-state index in [0.717, 1.165) is 29.4 Å². The van der Waals surface area contributed by atoms with Gasteiger partial charge in [0.05, 0.1) is 23.4 Å². The summed E-state index contributed by atoms with van der Waals surface area (Å²) in [4.78, 5) is 16.7. The topological polar surface area (TPSA) is 51.2 Å². The molecule has 0 atom stereocenters. The predicted molar refractivity (Wildman–Crippen MR) is 102 cm³/mol. The van der Waals surface area contributed by atoms with Crippen molar-refractivity contribution in [3.05, 3.63) is 65.3 Å². The highest BCUT2D eigenvalue weighted by molar-refractivity contribution is 6.31. The number of anilines is 2. The molecule has 0 saturated heterocycles. The first-order valence-electron chi connectivity index (χ1n) is 8.26. The molecule has 3 aromatic rings. The summed E-state index contributed by atoms with van der Waals surface area (Å²) >= 11 is 6.04. The molecule has 0 bridgehead atoms. The van der Waals surface area contributed by atoms with Crippen LogP contribution in [0.3, 0.4) is 0 Å². The largest absolute Gasteiger partial charge is 0.462 e. The summed E-state index contributed by atoms with van der Waals surface area (Å²) in [5, 5.41) is 4.89. The number of carbonyl (C=O) groups excluding carboxylic acids is 1. The number of benzene rings is 2. The van der Waals surface area contributed by atoms with Gasteiger partial charge in [0, 0.05) is 22.3 Å². The van der Waals surface area contributed by atoms with E-state index in [2.05, 4.69) is 17.2 Å². The van der Waals surface area contributed by atoms with Crippen LogP contribution in [0.15, 0.2) is 54.7 Å². The highest BCUT2D eigenvalue weighted by Gasteiger charge is 2.13. The number of fused-ring (bicyclic) bond motifs is 1. The molecule has 0 aliphatic carbocycles. The zero-order valence-corrected chi connectivity index (χ0v) is 14.7. The van der Waals surface area contributed by atoms with E-state index in [0.29, 0.717) is 22.9 Å². The van der Waals surface area contributed by atoms with Gasteiger partial charge in [0.2, 0.25) is 0 Å². The average Bonchev–Trinajstić information content (AvgIpc) is 2.62. The molecular formula is C20H19ClN2O2. The summed E-state index contributed by atoms with van der Waals surface area (Å²) in [6, 6.07) is 14.7. The molecule has 1 aromatic heterocycles. The van der Waals surface area contributed by atoms with Crippen molar-refractivity contribution < 1.29 is 9.53 Å². The van der Waals surface area contributed by atoms with Gasteiger partial charge in [0.15, 0.2) is 0 Å². The number of halogens is 1. The van der Waals surface area contributed by atoms with Gasteiger partial charge in [0.1, 0.15) is 0 Å². The molecule has 2 aromatic carbocycles. The molecule has 5 heteroatoms. The van der Waals surface area contributed by atoms with Crippen molar-refractivity contribution in [2.45, 2.75) is 19.8 Å². The lowest BCUT2D eigenvalue weighted by Crippen LogP contribution is -2.09. The minimum atomic E-state index is -0.321. The van der Waals surface area contributed by atoms with Crippen molar-refractivity contribution >= 4 is 39.8 Å². The van der Waals surface area contributed by atoms with Crippen molar-refractivity contribution in [1.82, 2.24) is 4.98 Å². The highest BCUT2D eigenvalue weighted by atomic mass is 35.5. The number of carbonyl (C=O) groups is 1. The molecule has 4 nitrogen and oxygen atoms in total. The second kappa shape index (κ2) is 7.99. The van der Waals surface area contributed by atoms with Crippen molar-refractivity contribution in [1.29, 1.82) is 0 Å². The van der Waals surface area contributed by atoms with Crippen LogP contribution in [0.5, 0.6) is 0 Å². The van der Waals surface area contributed by atoms with Crippen LogP contribution in [0.1, 0.15) is 30.1 Å². The molecule has 0 unspecified atom stereocenters. The van der Waals surface area contributed by atoms with E-state index in [1.807, 2.05) is 42.5 Å². The Morgan fingerprint density at radius 1 is 1.16 bits per heavy atom. The maximum Gasteiger partial charge on any atom is 0.340 e. The van der Waals surface area contributed by atoms with Crippen LogP contribution < -0.4 is 5.32 Å². The fourth-order valence-corrected chi connectivity index (χ4v) is 2.70. The zero-order chi connectivity index (χ0) is 17.6. The number of esters is 1. The Morgan fingerprint density at radius 3 is 2.84 bits per heavy atom. The SMILES string of the molecule is CCCCOC(=O)c1ccccc1Nc1ccnc2cc(Cl)ccc12. The van der Waals surface area contributed by atoms with E-state index < -0.39 is 0 Å². The second-order valence-electron chi connectivity index (χ2n) is 5.68. The Labute approximate surface area is 151 Å². The van der Waals surface area contributed by atoms with E-state index in [-0.39, 0.29) is 5.97 Å². The van der Waals surface area contributed by atoms with Gasteiger partial charge in [-0.05, 0) is 42.8 Å². The number of pyridine rings is 1. The Morgan fingerprint density at radius 2 is 2.00 bits per heavy atom. The Hall–Kier alpha value is -2.59. The lowest BCUT2D eigenvalue weighted by molar-refractivity contribution is 0.0501. The maximum atomic E-state index is 12.3. The predicted octanol–water partition coefficient (Wildman–Crippen LogP) is 5.59. The van der Waals surface area contributed by atoms with Crippen LogP contribution in [0.4, 0.5) is 11.4 Å². The molecule has 128 valence electrons. The fraction of sp³-hybridized carbons (Fsp3) is 0.200. The Kier molecular flexibility index (Phi) is 5.51. The number of para-hydroxylation sites is 1. The molecule has 0 radical (unpaired) electrons. The molecule has 0 saturated carbocycles. The molecule has 0 aliphatic rings. The third kappa shape index (κ3) is 4.09. The summed E-state index contributed by atoms with van der Waals surface area (Å²) in [6.07, 6.45) is 3.55. The molecule has 0 aliphatic heterocycles. The molecule has 1 heterocycles. The molecule has 0 fully saturated rings. The number of nitrogens with zero attached hydrogens (tertiary/aromatic N) is 1. The van der Waals surface area contributed by atoms with Gasteiger partial charge in [-0.25, -0.2) is 4.79 Å². The third-order valence-corrected chi connectivity index (χ3v) is 4.09. The molecule has 1 N–H and O–H groups in total. The van der Waals surface area contributed by atoms with Crippen LogP contribution in [-0.4, -0.2) is 17.6 Å². The lowest BCUT2D eigenvalue weighted by atomic mass is 10.1. The van der Waals surface area contributed by atoms with Crippen LogP contribution in [0.2, 0.25) is 5.02 Å². The smallest absolute Gasteiger partial charge is 0.340 e. The minimum Gasteiger partial charge on any atom is -0.462 e. The summed E-state index contributed by atoms with van der Waals surface area (Å²) in [7, 11) is 0. The van der Waals surface area contributed by atoms with Crippen LogP contribution in [0, 0.1) is 0 Å². The van der Waals surface area contributed by atoms with E-state index in [1.54, 1.807) is 12.3 Å². The van der Waals surface area contributed by atoms with Crippen LogP contribution in [-0.2, 0) is 4.74 Å². The number of unbranched alkanes of at least 4 members (excludes halogenated alkanes) is 1. The molecule has 3 rings (SSSR count). The number of ether oxygens (including phenoxy) is 1. The van der Waals surface area contributed by atoms with Gasteiger partial charge in [-0.3, -0.25) is 4.98 Å². The first-order chi connectivity index (χ1) is 12.2. The first kappa shape index (κ1) is 17.2. The van der Waals surface area contributed by atoms with Gasteiger partial charge < -0.3 is 10.1 Å². The zero-order valence-electron chi connectivity index (χ0n) is 14.0. The highest BCUT2D eigenvalue weighted by Crippen LogP contribution is 2.28. The van der Waals surface area contributed by atoms with E-state index in [4.69, 9.17) is 16.3 Å². The number of aromatic nitrogens is 1. The quantitative estimate of drug-likeness (QED) is 0.463. The number of nitrogens with one attached hydrogen (secondary N) is 1. The normalized spacial score (nSPS) is 10.6. The van der Waals surface area contributed by atoms with Gasteiger partial charge >= 0.3 is 5.97 Å². The van der Waals surface area contributed by atoms with Crippen molar-refractivity contribution in [2.24, 2.45) is 0 Å². The Bertz CT molecular complexity index is 896. The van der Waals surface area contributed by atoms with E-state index in [9.17, 15) is 4.79 Å². The van der Waals surface area contributed by atoms with Crippen LogP contribution >= 0.6 is 11.6 Å². The third-order valence-electron chi connectivity index (χ3n) is 3.85. The number of hydrogen-bond donors (Lipinski definition) is 1.